The van der Waals surface area contributed by atoms with Gasteiger partial charge in [0.1, 0.15) is 17.1 Å². The average Bonchev–Trinajstić information content (AvgIpc) is 2.64. The topological polar surface area (TPSA) is 106 Å². The van der Waals surface area contributed by atoms with E-state index in [2.05, 4.69) is 16.4 Å². The average molecular weight is 388 g/mol. The van der Waals surface area contributed by atoms with Crippen LogP contribution in [0.15, 0.2) is 48.5 Å². The summed E-state index contributed by atoms with van der Waals surface area (Å²) in [7, 11) is 0. The van der Waals surface area contributed by atoms with Gasteiger partial charge in [-0.25, -0.2) is 4.39 Å². The number of halogens is 1. The lowest BCUT2D eigenvalue weighted by Gasteiger charge is -2.26. The quantitative estimate of drug-likeness (QED) is 0.541. The van der Waals surface area contributed by atoms with Crippen LogP contribution in [-0.2, 0) is 22.4 Å². The molecule has 0 saturated carbocycles. The molecule has 0 heterocycles. The molecule has 0 saturated heterocycles. The number of hydrogen-bond donors (Lipinski definition) is 4. The van der Waals surface area contributed by atoms with Crippen molar-refractivity contribution in [3.8, 4) is 5.75 Å². The zero-order valence-electron chi connectivity index (χ0n) is 16.2. The third-order valence-electron chi connectivity index (χ3n) is 4.41. The first-order valence-electron chi connectivity index (χ1n) is 9.13. The first-order chi connectivity index (χ1) is 13.2. The van der Waals surface area contributed by atoms with Crippen LogP contribution in [0.5, 0.6) is 5.75 Å². The van der Waals surface area contributed by atoms with Crippen LogP contribution in [0.1, 0.15) is 25.0 Å². The van der Waals surface area contributed by atoms with Crippen molar-refractivity contribution < 1.29 is 24.8 Å². The van der Waals surface area contributed by atoms with Gasteiger partial charge in [0.05, 0.1) is 0 Å². The zero-order chi connectivity index (χ0) is 20.7. The highest BCUT2D eigenvalue weighted by Gasteiger charge is 2.32. The molecule has 6 N–H and O–H groups in total. The van der Waals surface area contributed by atoms with E-state index in [9.17, 15) is 19.1 Å². The molecular weight excluding hydrogens is 361 g/mol. The third kappa shape index (κ3) is 6.35. The normalized spacial score (nSPS) is 12.3. The minimum atomic E-state index is -1.09. The Morgan fingerprint density at radius 1 is 1.07 bits per heavy atom. The van der Waals surface area contributed by atoms with E-state index in [1.165, 1.54) is 12.1 Å². The molecule has 0 unspecified atom stereocenters. The number of hydrogen-bond acceptors (Lipinski definition) is 3. The van der Waals surface area contributed by atoms with E-state index < -0.39 is 11.6 Å². The summed E-state index contributed by atoms with van der Waals surface area (Å²) in [5, 5.41) is 14.8. The van der Waals surface area contributed by atoms with E-state index in [4.69, 9.17) is 0 Å². The maximum Gasteiger partial charge on any atom is 0.279 e. The Hall–Kier alpha value is -2.93. The highest BCUT2D eigenvalue weighted by Crippen LogP contribution is 2.10. The molecule has 6 nitrogen and oxygen atoms in total. The molecule has 1 atom stereocenters. The summed E-state index contributed by atoms with van der Waals surface area (Å²) in [6.45, 7) is 3.67. The van der Waals surface area contributed by atoms with Crippen LogP contribution in [0.4, 0.5) is 4.39 Å². The van der Waals surface area contributed by atoms with Gasteiger partial charge in [-0.15, -0.1) is 0 Å². The fourth-order valence-corrected chi connectivity index (χ4v) is 2.67. The van der Waals surface area contributed by atoms with Crippen LogP contribution in [0.3, 0.4) is 0 Å². The summed E-state index contributed by atoms with van der Waals surface area (Å²) in [5.74, 6) is -0.782. The molecule has 0 spiro atoms. The fourth-order valence-electron chi connectivity index (χ4n) is 2.67. The standard InChI is InChI=1S/C21H26FN3O3/c1-21(2,20(28)24-12-11-14-5-9-17(26)10-6-14)25-19(27)18(23)13-15-3-7-16(22)8-4-15/h3-10,18,26H,11-13,23H2,1-2H3,(H,24,28)(H,25,27)/p+1/t18-/m1/s1. The van der Waals surface area contributed by atoms with Gasteiger partial charge in [-0.1, -0.05) is 24.3 Å². The molecule has 150 valence electrons. The number of aromatic hydroxyl groups is 1. The van der Waals surface area contributed by atoms with Gasteiger partial charge in [0.15, 0.2) is 6.04 Å². The third-order valence-corrected chi connectivity index (χ3v) is 4.41. The Morgan fingerprint density at radius 2 is 1.64 bits per heavy atom. The van der Waals surface area contributed by atoms with Gasteiger partial charge in [0.2, 0.25) is 5.91 Å². The maximum atomic E-state index is 13.0. The highest BCUT2D eigenvalue weighted by atomic mass is 19.1. The van der Waals surface area contributed by atoms with Gasteiger partial charge in [-0.2, -0.15) is 0 Å². The molecule has 0 aliphatic carbocycles. The summed E-state index contributed by atoms with van der Waals surface area (Å²) in [6.07, 6.45) is 0.962. The zero-order valence-corrected chi connectivity index (χ0v) is 16.2. The van der Waals surface area contributed by atoms with Gasteiger partial charge >= 0.3 is 0 Å². The number of rotatable bonds is 8. The van der Waals surface area contributed by atoms with Crippen molar-refractivity contribution in [3.05, 3.63) is 65.5 Å². The molecule has 0 fully saturated rings. The number of quaternary nitrogens is 1. The van der Waals surface area contributed by atoms with Crippen LogP contribution in [0, 0.1) is 5.82 Å². The van der Waals surface area contributed by atoms with Crippen molar-refractivity contribution in [1.29, 1.82) is 0 Å². The number of benzene rings is 2. The van der Waals surface area contributed by atoms with Crippen molar-refractivity contribution >= 4 is 11.8 Å². The molecule has 0 bridgehead atoms. The molecule has 2 rings (SSSR count). The van der Waals surface area contributed by atoms with Crippen LogP contribution in [0.25, 0.3) is 0 Å². The molecule has 0 radical (unpaired) electrons. The second-order valence-electron chi connectivity index (χ2n) is 7.31. The SMILES string of the molecule is CC(C)(NC(=O)[C@H]([NH3+])Cc1ccc(F)cc1)C(=O)NCCc1ccc(O)cc1. The minimum Gasteiger partial charge on any atom is -0.508 e. The van der Waals surface area contributed by atoms with Crippen LogP contribution in [-0.4, -0.2) is 35.0 Å². The number of nitrogens with one attached hydrogen (secondary N) is 2. The summed E-state index contributed by atoms with van der Waals surface area (Å²) in [6, 6.07) is 12.1. The molecule has 2 aromatic carbocycles. The molecule has 2 aromatic rings. The van der Waals surface area contributed by atoms with Crippen LogP contribution in [0.2, 0.25) is 0 Å². The lowest BCUT2D eigenvalue weighted by molar-refractivity contribution is -0.403. The predicted octanol–water partition coefficient (Wildman–Crippen LogP) is 0.938. The van der Waals surface area contributed by atoms with Crippen molar-refractivity contribution in [2.45, 2.75) is 38.3 Å². The number of carbonyl (C=O) groups is 2. The van der Waals surface area contributed by atoms with Crippen molar-refractivity contribution in [2.75, 3.05) is 6.54 Å². The van der Waals surface area contributed by atoms with Crippen LogP contribution >= 0.6 is 0 Å². The Kier molecular flexibility index (Phi) is 7.12. The number of carbonyl (C=O) groups excluding carboxylic acids is 2. The van der Waals surface area contributed by atoms with Crippen LogP contribution < -0.4 is 16.4 Å². The van der Waals surface area contributed by atoms with Gasteiger partial charge in [-0.05, 0) is 55.7 Å². The van der Waals surface area contributed by atoms with Crippen molar-refractivity contribution in [1.82, 2.24) is 10.6 Å². The lowest BCUT2D eigenvalue weighted by Crippen LogP contribution is -2.71. The molecule has 28 heavy (non-hydrogen) atoms. The van der Waals surface area contributed by atoms with E-state index in [-0.39, 0.29) is 23.4 Å². The van der Waals surface area contributed by atoms with Gasteiger partial charge in [0, 0.05) is 13.0 Å². The molecule has 0 aliphatic rings. The summed E-state index contributed by atoms with van der Waals surface area (Å²) >= 11 is 0. The number of phenols is 1. The Bertz CT molecular complexity index is 805. The van der Waals surface area contributed by atoms with Gasteiger partial charge in [0.25, 0.3) is 5.91 Å². The second-order valence-corrected chi connectivity index (χ2v) is 7.31. The fraction of sp³-hybridized carbons (Fsp3) is 0.333. The predicted molar refractivity (Wildman–Crippen MR) is 104 cm³/mol. The van der Waals surface area contributed by atoms with E-state index >= 15 is 0 Å². The van der Waals surface area contributed by atoms with Gasteiger partial charge < -0.3 is 21.5 Å². The summed E-state index contributed by atoms with van der Waals surface area (Å²) in [5.41, 5.74) is 4.54. The monoisotopic (exact) mass is 388 g/mol. The van der Waals surface area contributed by atoms with E-state index in [0.29, 0.717) is 19.4 Å². The van der Waals surface area contributed by atoms with Gasteiger partial charge in [-0.3, -0.25) is 9.59 Å². The number of amides is 2. The first kappa shape index (κ1) is 21.4. The molecule has 2 amide bonds. The number of phenolic OH excluding ortho intramolecular Hbond substituents is 1. The Labute approximate surface area is 163 Å². The summed E-state index contributed by atoms with van der Waals surface area (Å²) < 4.78 is 13.0. The molecular formula is C21H27FN3O3+. The lowest BCUT2D eigenvalue weighted by atomic mass is 10.0. The Balaban J connectivity index is 1.82. The highest BCUT2D eigenvalue weighted by molar-refractivity contribution is 5.92. The second kappa shape index (κ2) is 9.32. The maximum absolute atomic E-state index is 13.0. The largest absolute Gasteiger partial charge is 0.508 e. The van der Waals surface area contributed by atoms with Crippen molar-refractivity contribution in [2.24, 2.45) is 0 Å². The van der Waals surface area contributed by atoms with E-state index in [0.717, 1.165) is 11.1 Å². The van der Waals surface area contributed by atoms with E-state index in [1.807, 2.05) is 0 Å². The smallest absolute Gasteiger partial charge is 0.279 e. The van der Waals surface area contributed by atoms with E-state index in [1.54, 1.807) is 50.2 Å². The first-order valence-corrected chi connectivity index (χ1v) is 9.13. The molecule has 0 aliphatic heterocycles. The van der Waals surface area contributed by atoms with Crippen molar-refractivity contribution in [3.63, 3.8) is 0 Å². The minimum absolute atomic E-state index is 0.194. The Morgan fingerprint density at radius 3 is 2.25 bits per heavy atom. The molecule has 7 heteroatoms. The molecule has 0 aromatic heterocycles. The summed E-state index contributed by atoms with van der Waals surface area (Å²) in [4.78, 5) is 24.8.